The van der Waals surface area contributed by atoms with Crippen LogP contribution in [0.15, 0.2) is 24.3 Å². The number of carbonyl (C=O) groups is 2. The van der Waals surface area contributed by atoms with Crippen molar-refractivity contribution in [1.29, 1.82) is 0 Å². The highest BCUT2D eigenvalue weighted by Crippen LogP contribution is 2.20. The van der Waals surface area contributed by atoms with Crippen molar-refractivity contribution in [1.82, 2.24) is 0 Å². The summed E-state index contributed by atoms with van der Waals surface area (Å²) in [5, 5.41) is 0. The van der Waals surface area contributed by atoms with Crippen LogP contribution in [0.3, 0.4) is 0 Å². The summed E-state index contributed by atoms with van der Waals surface area (Å²) in [5.41, 5.74) is 5.51. The first-order valence-corrected chi connectivity index (χ1v) is 5.82. The summed E-state index contributed by atoms with van der Waals surface area (Å²) >= 11 is 0. The zero-order valence-corrected chi connectivity index (χ0v) is 11.0. The molecule has 0 unspecified atom stereocenters. The highest BCUT2D eigenvalue weighted by atomic mass is 16.5. The molecule has 1 amide bonds. The largest absolute Gasteiger partial charge is 0.484 e. The third-order valence-corrected chi connectivity index (χ3v) is 2.48. The second-order valence-corrected chi connectivity index (χ2v) is 5.25. The third kappa shape index (κ3) is 4.57. The molecular formula is C14H19NO3. The van der Waals surface area contributed by atoms with Crippen LogP contribution in [0.5, 0.6) is 5.75 Å². The van der Waals surface area contributed by atoms with Crippen molar-refractivity contribution in [3.05, 3.63) is 29.8 Å². The molecule has 4 heteroatoms. The van der Waals surface area contributed by atoms with Crippen LogP contribution in [0.2, 0.25) is 0 Å². The van der Waals surface area contributed by atoms with Crippen molar-refractivity contribution in [3.63, 3.8) is 0 Å². The van der Waals surface area contributed by atoms with Crippen molar-refractivity contribution in [2.75, 3.05) is 6.61 Å². The van der Waals surface area contributed by atoms with E-state index in [2.05, 4.69) is 0 Å². The van der Waals surface area contributed by atoms with Crippen LogP contribution in [0, 0.1) is 5.41 Å². The quantitative estimate of drug-likeness (QED) is 0.863. The lowest BCUT2D eigenvalue weighted by molar-refractivity contribution is -0.125. The van der Waals surface area contributed by atoms with E-state index in [1.165, 1.54) is 0 Å². The number of carbonyl (C=O) groups excluding carboxylic acids is 2. The lowest BCUT2D eigenvalue weighted by Gasteiger charge is -2.16. The SMILES string of the molecule is CC(C)(C)C(=O)Cc1cccc(OCC(N)=O)c1. The van der Waals surface area contributed by atoms with Crippen LogP contribution in [-0.4, -0.2) is 18.3 Å². The first-order chi connectivity index (χ1) is 8.29. The van der Waals surface area contributed by atoms with Gasteiger partial charge in [0.1, 0.15) is 11.5 Å². The molecule has 0 aromatic heterocycles. The number of Topliss-reactive ketones (excluding diaryl/α,β-unsaturated/α-hetero) is 1. The molecule has 1 rings (SSSR count). The molecule has 0 saturated carbocycles. The average molecular weight is 249 g/mol. The van der Waals surface area contributed by atoms with Gasteiger partial charge in [-0.25, -0.2) is 0 Å². The Morgan fingerprint density at radius 1 is 1.28 bits per heavy atom. The molecule has 0 atom stereocenters. The number of primary amides is 1. The second-order valence-electron chi connectivity index (χ2n) is 5.25. The van der Waals surface area contributed by atoms with Gasteiger partial charge in [-0.1, -0.05) is 32.9 Å². The van der Waals surface area contributed by atoms with Gasteiger partial charge in [-0.15, -0.1) is 0 Å². The van der Waals surface area contributed by atoms with E-state index >= 15 is 0 Å². The van der Waals surface area contributed by atoms with Crippen molar-refractivity contribution in [3.8, 4) is 5.75 Å². The van der Waals surface area contributed by atoms with Gasteiger partial charge in [-0.3, -0.25) is 9.59 Å². The molecule has 18 heavy (non-hydrogen) atoms. The number of rotatable bonds is 5. The molecule has 0 radical (unpaired) electrons. The monoisotopic (exact) mass is 249 g/mol. The first kappa shape index (κ1) is 14.2. The molecule has 0 bridgehead atoms. The number of hydrogen-bond donors (Lipinski definition) is 1. The molecule has 0 saturated heterocycles. The minimum Gasteiger partial charge on any atom is -0.484 e. The van der Waals surface area contributed by atoms with Gasteiger partial charge in [0.15, 0.2) is 6.61 Å². The molecule has 0 aliphatic carbocycles. The third-order valence-electron chi connectivity index (χ3n) is 2.48. The fraction of sp³-hybridized carbons (Fsp3) is 0.429. The Morgan fingerprint density at radius 2 is 1.94 bits per heavy atom. The summed E-state index contributed by atoms with van der Waals surface area (Å²) in [7, 11) is 0. The summed E-state index contributed by atoms with van der Waals surface area (Å²) in [6, 6.07) is 7.14. The van der Waals surface area contributed by atoms with Crippen molar-refractivity contribution in [2.45, 2.75) is 27.2 Å². The zero-order chi connectivity index (χ0) is 13.8. The minimum atomic E-state index is -0.522. The van der Waals surface area contributed by atoms with Gasteiger partial charge < -0.3 is 10.5 Å². The molecule has 98 valence electrons. The predicted molar refractivity (Wildman–Crippen MR) is 69.3 cm³/mol. The molecule has 1 aromatic rings. The molecule has 1 aromatic carbocycles. The topological polar surface area (TPSA) is 69.4 Å². The van der Waals surface area contributed by atoms with Crippen molar-refractivity contribution >= 4 is 11.7 Å². The maximum Gasteiger partial charge on any atom is 0.255 e. The van der Waals surface area contributed by atoms with Crippen LogP contribution in [0.25, 0.3) is 0 Å². The molecule has 2 N–H and O–H groups in total. The smallest absolute Gasteiger partial charge is 0.255 e. The van der Waals surface area contributed by atoms with E-state index in [0.29, 0.717) is 12.2 Å². The molecule has 0 fully saturated rings. The lowest BCUT2D eigenvalue weighted by Crippen LogP contribution is -2.22. The summed E-state index contributed by atoms with van der Waals surface area (Å²) in [4.78, 5) is 22.5. The van der Waals surface area contributed by atoms with Crippen LogP contribution in [0.1, 0.15) is 26.3 Å². The number of benzene rings is 1. The summed E-state index contributed by atoms with van der Waals surface area (Å²) in [6.07, 6.45) is 0.358. The van der Waals surface area contributed by atoms with E-state index in [9.17, 15) is 9.59 Å². The molecule has 4 nitrogen and oxygen atoms in total. The van der Waals surface area contributed by atoms with Gasteiger partial charge in [0.25, 0.3) is 5.91 Å². The Balaban J connectivity index is 2.70. The van der Waals surface area contributed by atoms with Gasteiger partial charge in [0, 0.05) is 11.8 Å². The van der Waals surface area contributed by atoms with Crippen LogP contribution in [0.4, 0.5) is 0 Å². The van der Waals surface area contributed by atoms with Crippen LogP contribution >= 0.6 is 0 Å². The van der Waals surface area contributed by atoms with Crippen molar-refractivity contribution < 1.29 is 14.3 Å². The van der Waals surface area contributed by atoms with Crippen LogP contribution < -0.4 is 10.5 Å². The van der Waals surface area contributed by atoms with E-state index in [1.54, 1.807) is 18.2 Å². The number of ketones is 1. The number of ether oxygens (including phenoxy) is 1. The first-order valence-electron chi connectivity index (χ1n) is 5.82. The van der Waals surface area contributed by atoms with Gasteiger partial charge in [-0.2, -0.15) is 0 Å². The van der Waals surface area contributed by atoms with E-state index in [-0.39, 0.29) is 17.8 Å². The fourth-order valence-electron chi connectivity index (χ4n) is 1.35. The van der Waals surface area contributed by atoms with E-state index in [0.717, 1.165) is 5.56 Å². The van der Waals surface area contributed by atoms with Gasteiger partial charge in [0.2, 0.25) is 0 Å². The predicted octanol–water partition coefficient (Wildman–Crippen LogP) is 1.71. The molecule has 0 aliphatic heterocycles. The number of amides is 1. The Morgan fingerprint density at radius 3 is 2.50 bits per heavy atom. The molecular weight excluding hydrogens is 230 g/mol. The highest BCUT2D eigenvalue weighted by Gasteiger charge is 2.21. The van der Waals surface area contributed by atoms with Crippen molar-refractivity contribution in [2.24, 2.45) is 11.1 Å². The minimum absolute atomic E-state index is 0.156. The zero-order valence-electron chi connectivity index (χ0n) is 11.0. The lowest BCUT2D eigenvalue weighted by atomic mass is 9.87. The maximum atomic E-state index is 11.9. The van der Waals surface area contributed by atoms with E-state index < -0.39 is 5.91 Å². The number of hydrogen-bond acceptors (Lipinski definition) is 3. The van der Waals surface area contributed by atoms with E-state index in [4.69, 9.17) is 10.5 Å². The Kier molecular flexibility index (Phi) is 4.48. The Bertz CT molecular complexity index is 447. The van der Waals surface area contributed by atoms with E-state index in [1.807, 2.05) is 26.8 Å². The van der Waals surface area contributed by atoms with Gasteiger partial charge >= 0.3 is 0 Å². The maximum absolute atomic E-state index is 11.9. The summed E-state index contributed by atoms with van der Waals surface area (Å²) < 4.78 is 5.19. The average Bonchev–Trinajstić information content (AvgIpc) is 2.25. The normalized spacial score (nSPS) is 11.1. The second kappa shape index (κ2) is 5.67. The molecule has 0 spiro atoms. The fourth-order valence-corrected chi connectivity index (χ4v) is 1.35. The summed E-state index contributed by atoms with van der Waals surface area (Å²) in [6.45, 7) is 5.52. The highest BCUT2D eigenvalue weighted by molar-refractivity contribution is 5.85. The summed E-state index contributed by atoms with van der Waals surface area (Å²) in [5.74, 6) is 0.189. The van der Waals surface area contributed by atoms with Gasteiger partial charge in [-0.05, 0) is 17.7 Å². The molecule has 0 aliphatic rings. The Labute approximate surface area is 107 Å². The van der Waals surface area contributed by atoms with Crippen LogP contribution in [-0.2, 0) is 16.0 Å². The standard InChI is InChI=1S/C14H19NO3/c1-14(2,3)12(16)8-10-5-4-6-11(7-10)18-9-13(15)17/h4-7H,8-9H2,1-3H3,(H2,15,17). The number of nitrogens with two attached hydrogens (primary N) is 1. The Hall–Kier alpha value is -1.84. The molecule has 0 heterocycles. The van der Waals surface area contributed by atoms with Gasteiger partial charge in [0.05, 0.1) is 0 Å².